The van der Waals surface area contributed by atoms with E-state index in [4.69, 9.17) is 4.74 Å². The highest BCUT2D eigenvalue weighted by atomic mass is 32.1. The van der Waals surface area contributed by atoms with E-state index in [0.29, 0.717) is 18.9 Å². The number of hydrogen-bond acceptors (Lipinski definition) is 6. The van der Waals surface area contributed by atoms with Gasteiger partial charge < -0.3 is 9.64 Å². The van der Waals surface area contributed by atoms with E-state index < -0.39 is 0 Å². The highest BCUT2D eigenvalue weighted by molar-refractivity contribution is 7.09. The fraction of sp³-hybridized carbons (Fsp3) is 0.556. The summed E-state index contributed by atoms with van der Waals surface area (Å²) in [7, 11) is 0. The normalized spacial score (nSPS) is 24.3. The van der Waals surface area contributed by atoms with Crippen LogP contribution in [0.2, 0.25) is 0 Å². The van der Waals surface area contributed by atoms with E-state index in [2.05, 4.69) is 27.1 Å². The molecule has 2 aromatic rings. The van der Waals surface area contributed by atoms with Gasteiger partial charge in [0.1, 0.15) is 0 Å². The van der Waals surface area contributed by atoms with Crippen molar-refractivity contribution < 1.29 is 9.53 Å². The summed E-state index contributed by atoms with van der Waals surface area (Å²) in [5.74, 6) is 0.623. The van der Waals surface area contributed by atoms with Crippen LogP contribution in [0.25, 0.3) is 0 Å². The lowest BCUT2D eigenvalue weighted by Crippen LogP contribution is -2.46. The third-order valence-electron chi connectivity index (χ3n) is 5.06. The second-order valence-corrected chi connectivity index (χ2v) is 8.67. The van der Waals surface area contributed by atoms with Crippen LogP contribution in [0.5, 0.6) is 0 Å². The van der Waals surface area contributed by atoms with Gasteiger partial charge >= 0.3 is 0 Å². The molecule has 0 spiro atoms. The summed E-state index contributed by atoms with van der Waals surface area (Å²) in [6, 6.07) is 2.31. The van der Waals surface area contributed by atoms with Crippen molar-refractivity contribution in [3.8, 4) is 0 Å². The summed E-state index contributed by atoms with van der Waals surface area (Å²) in [4.78, 5) is 23.0. The highest BCUT2D eigenvalue weighted by Crippen LogP contribution is 2.24. The topological polar surface area (TPSA) is 45.7 Å². The standard InChI is InChI=1S/C18H23N3O2S2/c1-13-17(25-12-19-13)8-20-5-15-6-21(7-16(20)10-23-9-15)18(22)4-14-2-3-24-11-14/h2-3,11-12,15-16H,4-10H2,1H3/t15-,16+/m1/s1. The summed E-state index contributed by atoms with van der Waals surface area (Å²) in [6.07, 6.45) is 0.512. The zero-order valence-electron chi connectivity index (χ0n) is 14.4. The Bertz CT molecular complexity index is 716. The van der Waals surface area contributed by atoms with Crippen molar-refractivity contribution in [3.05, 3.63) is 38.5 Å². The van der Waals surface area contributed by atoms with Crippen LogP contribution in [0.1, 0.15) is 16.1 Å². The molecule has 2 atom stereocenters. The van der Waals surface area contributed by atoms with Crippen LogP contribution in [0.4, 0.5) is 0 Å². The molecule has 25 heavy (non-hydrogen) atoms. The smallest absolute Gasteiger partial charge is 0.227 e. The van der Waals surface area contributed by atoms with Crippen molar-refractivity contribution in [2.75, 3.05) is 32.8 Å². The van der Waals surface area contributed by atoms with Crippen molar-refractivity contribution in [1.82, 2.24) is 14.8 Å². The van der Waals surface area contributed by atoms with Crippen LogP contribution in [-0.2, 0) is 22.5 Å². The maximum absolute atomic E-state index is 12.8. The lowest BCUT2D eigenvalue weighted by atomic mass is 10.1. The number of carbonyl (C=O) groups is 1. The van der Waals surface area contributed by atoms with Gasteiger partial charge in [-0.05, 0) is 29.3 Å². The highest BCUT2D eigenvalue weighted by Gasteiger charge is 2.35. The predicted octanol–water partition coefficient (Wildman–Crippen LogP) is 2.41. The molecule has 4 rings (SSSR count). The van der Waals surface area contributed by atoms with Gasteiger partial charge in [0.25, 0.3) is 0 Å². The Morgan fingerprint density at radius 3 is 3.04 bits per heavy atom. The zero-order chi connectivity index (χ0) is 17.2. The van der Waals surface area contributed by atoms with Gasteiger partial charge in [0.2, 0.25) is 5.91 Å². The first-order valence-corrected chi connectivity index (χ1v) is 10.5. The summed E-state index contributed by atoms with van der Waals surface area (Å²) in [6.45, 7) is 6.99. The van der Waals surface area contributed by atoms with Crippen molar-refractivity contribution in [1.29, 1.82) is 0 Å². The van der Waals surface area contributed by atoms with Crippen LogP contribution in [0, 0.1) is 12.8 Å². The van der Waals surface area contributed by atoms with Crippen molar-refractivity contribution in [3.63, 3.8) is 0 Å². The Morgan fingerprint density at radius 1 is 1.36 bits per heavy atom. The lowest BCUT2D eigenvalue weighted by Gasteiger charge is -2.31. The number of hydrogen-bond donors (Lipinski definition) is 0. The second kappa shape index (κ2) is 7.53. The first kappa shape index (κ1) is 17.1. The molecule has 0 unspecified atom stereocenters. The minimum atomic E-state index is 0.242. The number of amides is 1. The van der Waals surface area contributed by atoms with Crippen LogP contribution < -0.4 is 0 Å². The van der Waals surface area contributed by atoms with E-state index in [1.54, 1.807) is 22.7 Å². The summed E-state index contributed by atoms with van der Waals surface area (Å²) < 4.78 is 5.88. The molecule has 0 N–H and O–H groups in total. The quantitative estimate of drug-likeness (QED) is 0.821. The van der Waals surface area contributed by atoms with Gasteiger partial charge in [-0.1, -0.05) is 0 Å². The average molecular weight is 378 g/mol. The van der Waals surface area contributed by atoms with Gasteiger partial charge in [-0.25, -0.2) is 4.98 Å². The zero-order valence-corrected chi connectivity index (χ0v) is 16.0. The Balaban J connectivity index is 1.47. The van der Waals surface area contributed by atoms with Crippen molar-refractivity contribution in [2.45, 2.75) is 25.9 Å². The monoisotopic (exact) mass is 377 g/mol. The minimum absolute atomic E-state index is 0.242. The average Bonchev–Trinajstić information content (AvgIpc) is 3.12. The third kappa shape index (κ3) is 3.95. The molecule has 134 valence electrons. The Morgan fingerprint density at radius 2 is 2.28 bits per heavy atom. The summed E-state index contributed by atoms with van der Waals surface area (Å²) >= 11 is 3.37. The number of aryl methyl sites for hydroxylation is 1. The molecule has 2 fully saturated rings. The van der Waals surface area contributed by atoms with Gasteiger partial charge in [-0.2, -0.15) is 11.3 Å². The van der Waals surface area contributed by atoms with Crippen LogP contribution in [0.3, 0.4) is 0 Å². The Labute approximate surface area is 156 Å². The van der Waals surface area contributed by atoms with E-state index in [1.165, 1.54) is 4.88 Å². The molecule has 5 nitrogen and oxygen atoms in total. The number of ether oxygens (including phenoxy) is 1. The molecule has 0 aliphatic carbocycles. The van der Waals surface area contributed by atoms with E-state index >= 15 is 0 Å². The molecular formula is C18H23N3O2S2. The number of thiophene rings is 1. The molecule has 4 heterocycles. The fourth-order valence-electron chi connectivity index (χ4n) is 3.67. The van der Waals surface area contributed by atoms with E-state index in [0.717, 1.165) is 44.0 Å². The predicted molar refractivity (Wildman–Crippen MR) is 100.0 cm³/mol. The summed E-state index contributed by atoms with van der Waals surface area (Å²) in [5.41, 5.74) is 4.16. The molecule has 2 saturated heterocycles. The number of rotatable bonds is 4. The van der Waals surface area contributed by atoms with E-state index in [1.807, 2.05) is 17.0 Å². The largest absolute Gasteiger partial charge is 0.379 e. The molecule has 2 aliphatic heterocycles. The fourth-order valence-corrected chi connectivity index (χ4v) is 5.14. The van der Waals surface area contributed by atoms with Gasteiger partial charge in [-0.3, -0.25) is 9.69 Å². The van der Waals surface area contributed by atoms with E-state index in [9.17, 15) is 4.79 Å². The van der Waals surface area contributed by atoms with Crippen LogP contribution in [0.15, 0.2) is 22.3 Å². The van der Waals surface area contributed by atoms with E-state index in [-0.39, 0.29) is 11.9 Å². The number of nitrogens with zero attached hydrogens (tertiary/aromatic N) is 3. The van der Waals surface area contributed by atoms with Crippen LogP contribution in [-0.4, -0.2) is 59.6 Å². The first-order chi connectivity index (χ1) is 12.2. The summed E-state index contributed by atoms with van der Waals surface area (Å²) in [5, 5.41) is 4.10. The maximum Gasteiger partial charge on any atom is 0.227 e. The molecule has 2 aromatic heterocycles. The number of thiazole rings is 1. The Hall–Kier alpha value is -1.28. The third-order valence-corrected chi connectivity index (χ3v) is 6.71. The molecular weight excluding hydrogens is 354 g/mol. The molecule has 0 radical (unpaired) electrons. The van der Waals surface area contributed by atoms with Gasteiger partial charge in [-0.15, -0.1) is 11.3 Å². The minimum Gasteiger partial charge on any atom is -0.379 e. The molecule has 1 amide bonds. The second-order valence-electron chi connectivity index (χ2n) is 6.95. The molecule has 0 saturated carbocycles. The van der Waals surface area contributed by atoms with Crippen molar-refractivity contribution in [2.24, 2.45) is 5.92 Å². The van der Waals surface area contributed by atoms with Gasteiger partial charge in [0, 0.05) is 37.0 Å². The molecule has 0 aromatic carbocycles. The lowest BCUT2D eigenvalue weighted by molar-refractivity contribution is -0.132. The van der Waals surface area contributed by atoms with Crippen LogP contribution >= 0.6 is 22.7 Å². The molecule has 7 heteroatoms. The maximum atomic E-state index is 12.8. The molecule has 2 aliphatic rings. The SMILES string of the molecule is Cc1ncsc1CN1C[C@H]2COC[C@@H]1CN(C(=O)Cc1ccsc1)C2. The number of aromatic nitrogens is 1. The van der Waals surface area contributed by atoms with Gasteiger partial charge in [0.05, 0.1) is 36.9 Å². The van der Waals surface area contributed by atoms with Crippen molar-refractivity contribution >= 4 is 28.6 Å². The first-order valence-electron chi connectivity index (χ1n) is 8.68. The molecule has 2 bridgehead atoms. The Kier molecular flexibility index (Phi) is 5.17. The number of carbonyl (C=O) groups excluding carboxylic acids is 1. The van der Waals surface area contributed by atoms with Gasteiger partial charge in [0.15, 0.2) is 0 Å². The number of fused-ring (bicyclic) bond motifs is 3.